The molecule has 0 amide bonds. The molecule has 2 N–H and O–H groups in total. The van der Waals surface area contributed by atoms with Gasteiger partial charge in [0.2, 0.25) is 0 Å². The Hall–Kier alpha value is -0.720. The van der Waals surface area contributed by atoms with Crippen molar-refractivity contribution >= 4 is 0 Å². The lowest BCUT2D eigenvalue weighted by molar-refractivity contribution is 0.647. The Morgan fingerprint density at radius 3 is 2.50 bits per heavy atom. The highest BCUT2D eigenvalue weighted by Gasteiger charge is 1.96. The third kappa shape index (κ3) is 6.02. The summed E-state index contributed by atoms with van der Waals surface area (Å²) in [6, 6.07) is 0. The van der Waals surface area contributed by atoms with E-state index in [-0.39, 0.29) is 0 Å². The van der Waals surface area contributed by atoms with Crippen molar-refractivity contribution in [3.8, 4) is 0 Å². The van der Waals surface area contributed by atoms with Crippen LogP contribution in [0.15, 0.2) is 23.9 Å². The molecule has 70 valence electrons. The van der Waals surface area contributed by atoms with E-state index in [0.29, 0.717) is 5.92 Å². The topological polar surface area (TPSA) is 26.0 Å². The molecule has 0 saturated heterocycles. The SMILES string of the molecule is CCC/C=C(\C=C/N)CC(C)C. The van der Waals surface area contributed by atoms with Gasteiger partial charge in [-0.15, -0.1) is 0 Å². The van der Waals surface area contributed by atoms with Crippen LogP contribution in [0.1, 0.15) is 40.0 Å². The number of rotatable bonds is 5. The van der Waals surface area contributed by atoms with Crippen LogP contribution in [0.3, 0.4) is 0 Å². The number of hydrogen-bond donors (Lipinski definition) is 1. The fourth-order valence-electron chi connectivity index (χ4n) is 1.14. The molecule has 0 unspecified atom stereocenters. The van der Waals surface area contributed by atoms with Crippen LogP contribution in [0.2, 0.25) is 0 Å². The van der Waals surface area contributed by atoms with Crippen LogP contribution in [-0.4, -0.2) is 0 Å². The fraction of sp³-hybridized carbons (Fsp3) is 0.636. The Morgan fingerprint density at radius 1 is 1.42 bits per heavy atom. The van der Waals surface area contributed by atoms with E-state index >= 15 is 0 Å². The van der Waals surface area contributed by atoms with Crippen molar-refractivity contribution in [1.82, 2.24) is 0 Å². The van der Waals surface area contributed by atoms with Gasteiger partial charge >= 0.3 is 0 Å². The minimum atomic E-state index is 0.712. The standard InChI is InChI=1S/C11H21N/c1-4-5-6-11(7-8-12)9-10(2)3/h6-8,10H,4-5,9,12H2,1-3H3/b8-7-,11-6+. The minimum Gasteiger partial charge on any atom is -0.405 e. The molecule has 1 nitrogen and oxygen atoms in total. The van der Waals surface area contributed by atoms with Crippen LogP contribution < -0.4 is 5.73 Å². The summed E-state index contributed by atoms with van der Waals surface area (Å²) in [4.78, 5) is 0. The molecule has 0 saturated carbocycles. The summed E-state index contributed by atoms with van der Waals surface area (Å²) in [5.74, 6) is 0.712. The second-order valence-corrected chi connectivity index (χ2v) is 3.52. The number of nitrogens with two attached hydrogens (primary N) is 1. The van der Waals surface area contributed by atoms with Crippen LogP contribution >= 0.6 is 0 Å². The third-order valence-electron chi connectivity index (χ3n) is 1.65. The number of allylic oxidation sites excluding steroid dienone is 3. The first kappa shape index (κ1) is 11.3. The van der Waals surface area contributed by atoms with Gasteiger partial charge in [-0.2, -0.15) is 0 Å². The quantitative estimate of drug-likeness (QED) is 0.625. The molecule has 0 aliphatic heterocycles. The molecular weight excluding hydrogens is 146 g/mol. The highest BCUT2D eigenvalue weighted by Crippen LogP contribution is 2.12. The molecule has 0 atom stereocenters. The second-order valence-electron chi connectivity index (χ2n) is 3.52. The van der Waals surface area contributed by atoms with E-state index < -0.39 is 0 Å². The maximum absolute atomic E-state index is 5.36. The van der Waals surface area contributed by atoms with Crippen LogP contribution in [0.4, 0.5) is 0 Å². The largest absolute Gasteiger partial charge is 0.405 e. The molecule has 0 spiro atoms. The van der Waals surface area contributed by atoms with E-state index in [1.165, 1.54) is 12.0 Å². The first-order valence-corrected chi connectivity index (χ1v) is 4.78. The van der Waals surface area contributed by atoms with Crippen LogP contribution in [0.5, 0.6) is 0 Å². The van der Waals surface area contributed by atoms with Crippen LogP contribution in [-0.2, 0) is 0 Å². The summed E-state index contributed by atoms with van der Waals surface area (Å²) in [6.07, 6.45) is 9.42. The van der Waals surface area contributed by atoms with Crippen molar-refractivity contribution in [3.63, 3.8) is 0 Å². The predicted molar refractivity (Wildman–Crippen MR) is 55.8 cm³/mol. The average Bonchev–Trinajstić information content (AvgIpc) is 2.00. The maximum atomic E-state index is 5.36. The van der Waals surface area contributed by atoms with Crippen molar-refractivity contribution < 1.29 is 0 Å². The second kappa shape index (κ2) is 6.96. The van der Waals surface area contributed by atoms with Gasteiger partial charge in [0.1, 0.15) is 0 Å². The molecule has 12 heavy (non-hydrogen) atoms. The molecule has 1 heteroatoms. The van der Waals surface area contributed by atoms with E-state index in [2.05, 4.69) is 26.8 Å². The molecule has 0 bridgehead atoms. The lowest BCUT2D eigenvalue weighted by Crippen LogP contribution is -1.90. The van der Waals surface area contributed by atoms with Gasteiger partial charge in [-0.25, -0.2) is 0 Å². The summed E-state index contributed by atoms with van der Waals surface area (Å²) in [5, 5.41) is 0. The highest BCUT2D eigenvalue weighted by molar-refractivity contribution is 5.18. The van der Waals surface area contributed by atoms with E-state index in [4.69, 9.17) is 5.73 Å². The van der Waals surface area contributed by atoms with Crippen molar-refractivity contribution in [1.29, 1.82) is 0 Å². The normalized spacial score (nSPS) is 13.2. The Labute approximate surface area is 76.3 Å². The Bertz CT molecular complexity index is 154. The molecule has 0 aliphatic rings. The molecule has 0 heterocycles. The van der Waals surface area contributed by atoms with E-state index in [1.54, 1.807) is 6.20 Å². The smallest absolute Gasteiger partial charge is 0.00597 e. The third-order valence-corrected chi connectivity index (χ3v) is 1.65. The van der Waals surface area contributed by atoms with Crippen molar-refractivity contribution in [2.75, 3.05) is 0 Å². The van der Waals surface area contributed by atoms with Gasteiger partial charge < -0.3 is 5.73 Å². The molecule has 0 aliphatic carbocycles. The zero-order valence-electron chi connectivity index (χ0n) is 8.51. The molecule has 0 fully saturated rings. The molecule has 0 aromatic rings. The van der Waals surface area contributed by atoms with Crippen LogP contribution in [0, 0.1) is 5.92 Å². The molecule has 0 aromatic carbocycles. The summed E-state index contributed by atoms with van der Waals surface area (Å²) in [5.41, 5.74) is 6.73. The molecule has 0 rings (SSSR count). The zero-order valence-corrected chi connectivity index (χ0v) is 8.51. The fourth-order valence-corrected chi connectivity index (χ4v) is 1.14. The first-order valence-electron chi connectivity index (χ1n) is 4.78. The predicted octanol–water partition coefficient (Wildman–Crippen LogP) is 3.23. The lowest BCUT2D eigenvalue weighted by atomic mass is 10.0. The number of unbranched alkanes of at least 4 members (excludes halogenated alkanes) is 1. The average molecular weight is 167 g/mol. The van der Waals surface area contributed by atoms with Gasteiger partial charge in [0.15, 0.2) is 0 Å². The summed E-state index contributed by atoms with van der Waals surface area (Å²) < 4.78 is 0. The maximum Gasteiger partial charge on any atom is -0.00597 e. The number of hydrogen-bond acceptors (Lipinski definition) is 1. The Balaban J connectivity index is 4.02. The van der Waals surface area contributed by atoms with Gasteiger partial charge in [0, 0.05) is 0 Å². The summed E-state index contributed by atoms with van der Waals surface area (Å²) >= 11 is 0. The van der Waals surface area contributed by atoms with Gasteiger partial charge in [0.25, 0.3) is 0 Å². The highest BCUT2D eigenvalue weighted by atomic mass is 14.5. The zero-order chi connectivity index (χ0) is 9.40. The minimum absolute atomic E-state index is 0.712. The van der Waals surface area contributed by atoms with Gasteiger partial charge in [-0.05, 0) is 31.0 Å². The van der Waals surface area contributed by atoms with Gasteiger partial charge in [-0.1, -0.05) is 38.8 Å². The molecule has 0 aromatic heterocycles. The monoisotopic (exact) mass is 167 g/mol. The summed E-state index contributed by atoms with van der Waals surface area (Å²) in [6.45, 7) is 6.64. The van der Waals surface area contributed by atoms with Gasteiger partial charge in [0.05, 0.1) is 0 Å². The Morgan fingerprint density at radius 2 is 2.08 bits per heavy atom. The van der Waals surface area contributed by atoms with E-state index in [0.717, 1.165) is 12.8 Å². The molecular formula is C11H21N. The van der Waals surface area contributed by atoms with E-state index in [1.807, 2.05) is 6.08 Å². The van der Waals surface area contributed by atoms with E-state index in [9.17, 15) is 0 Å². The van der Waals surface area contributed by atoms with Crippen molar-refractivity contribution in [2.24, 2.45) is 11.7 Å². The van der Waals surface area contributed by atoms with Gasteiger partial charge in [-0.3, -0.25) is 0 Å². The van der Waals surface area contributed by atoms with Crippen molar-refractivity contribution in [2.45, 2.75) is 40.0 Å². The first-order chi connectivity index (χ1) is 5.70. The molecule has 0 radical (unpaired) electrons. The summed E-state index contributed by atoms with van der Waals surface area (Å²) in [7, 11) is 0. The van der Waals surface area contributed by atoms with Crippen molar-refractivity contribution in [3.05, 3.63) is 23.9 Å². The van der Waals surface area contributed by atoms with Crippen LogP contribution in [0.25, 0.3) is 0 Å². The lowest BCUT2D eigenvalue weighted by Gasteiger charge is -2.05. The Kier molecular flexibility index (Phi) is 6.54.